The number of rotatable bonds is 6. The third-order valence-electron chi connectivity index (χ3n) is 6.93. The molecule has 0 saturated carbocycles. The van der Waals surface area contributed by atoms with E-state index in [1.165, 1.54) is 22.3 Å². The minimum absolute atomic E-state index is 0.00989. The molecule has 174 valence electrons. The first-order valence-corrected chi connectivity index (χ1v) is 11.9. The van der Waals surface area contributed by atoms with E-state index in [2.05, 4.69) is 56.9 Å². The summed E-state index contributed by atoms with van der Waals surface area (Å²) in [6.45, 7) is 9.75. The second-order valence-corrected chi connectivity index (χ2v) is 9.53. The van der Waals surface area contributed by atoms with E-state index in [0.29, 0.717) is 6.54 Å². The highest BCUT2D eigenvalue weighted by molar-refractivity contribution is 5.34. The summed E-state index contributed by atoms with van der Waals surface area (Å²) < 4.78 is 0. The zero-order chi connectivity index (χ0) is 23.5. The van der Waals surface area contributed by atoms with Crippen LogP contribution >= 0.6 is 0 Å². The molecule has 2 atom stereocenters. The monoisotopic (exact) mass is 444 g/mol. The summed E-state index contributed by atoms with van der Waals surface area (Å²) in [5.41, 5.74) is 16.1. The van der Waals surface area contributed by atoms with E-state index < -0.39 is 0 Å². The van der Waals surface area contributed by atoms with Crippen molar-refractivity contribution in [1.82, 2.24) is 14.9 Å². The first-order valence-electron chi connectivity index (χ1n) is 11.9. The Hall–Kier alpha value is -2.60. The van der Waals surface area contributed by atoms with E-state index in [-0.39, 0.29) is 18.7 Å². The van der Waals surface area contributed by atoms with Crippen LogP contribution in [0.4, 0.5) is 0 Å². The topological polar surface area (TPSA) is 75.3 Å². The molecule has 5 heteroatoms. The Morgan fingerprint density at radius 1 is 0.879 bits per heavy atom. The summed E-state index contributed by atoms with van der Waals surface area (Å²) in [6.07, 6.45) is 7.22. The number of aliphatic hydroxyl groups excluding tert-OH is 1. The van der Waals surface area contributed by atoms with Crippen molar-refractivity contribution < 1.29 is 5.11 Å². The average molecular weight is 445 g/mol. The second-order valence-electron chi connectivity index (χ2n) is 9.53. The van der Waals surface area contributed by atoms with Gasteiger partial charge in [0.25, 0.3) is 0 Å². The van der Waals surface area contributed by atoms with Crippen LogP contribution in [0.3, 0.4) is 0 Å². The van der Waals surface area contributed by atoms with Crippen molar-refractivity contribution in [1.29, 1.82) is 0 Å². The van der Waals surface area contributed by atoms with Crippen LogP contribution < -0.4 is 5.73 Å². The molecule has 3 aromatic rings. The van der Waals surface area contributed by atoms with Crippen molar-refractivity contribution in [2.24, 2.45) is 5.73 Å². The number of nitrogens with two attached hydrogens (primary N) is 1. The van der Waals surface area contributed by atoms with Crippen LogP contribution in [0, 0.1) is 27.7 Å². The van der Waals surface area contributed by atoms with Crippen LogP contribution in [0.5, 0.6) is 0 Å². The largest absolute Gasteiger partial charge is 0.392 e. The maximum absolute atomic E-state index is 10.1. The van der Waals surface area contributed by atoms with Gasteiger partial charge in [-0.25, -0.2) is 0 Å². The number of likely N-dealkylation sites (tertiary alicyclic amines) is 1. The van der Waals surface area contributed by atoms with Crippen LogP contribution in [-0.2, 0) is 19.7 Å². The van der Waals surface area contributed by atoms with Crippen LogP contribution in [0.25, 0.3) is 0 Å². The van der Waals surface area contributed by atoms with Gasteiger partial charge < -0.3 is 10.8 Å². The Labute approximate surface area is 197 Å². The fourth-order valence-corrected chi connectivity index (χ4v) is 5.32. The minimum atomic E-state index is 0.00989. The molecular weight excluding hydrogens is 408 g/mol. The van der Waals surface area contributed by atoms with E-state index >= 15 is 0 Å². The fourth-order valence-electron chi connectivity index (χ4n) is 5.32. The fraction of sp³-hybridized carbons (Fsp3) is 0.429. The zero-order valence-electron chi connectivity index (χ0n) is 20.3. The summed E-state index contributed by atoms with van der Waals surface area (Å²) in [7, 11) is 0. The minimum Gasteiger partial charge on any atom is -0.392 e. The molecule has 0 aliphatic carbocycles. The summed E-state index contributed by atoms with van der Waals surface area (Å²) in [5.74, 6) is 0. The standard InChI is InChI=1S/C28H36N4O/c1-18-10-20(3)27(30-14-18)25-6-5-7-26(28-21(4)11-19(2)15-31-28)32(25)16-23-9-8-22(13-29)12-24(23)17-33/h8-12,14-15,25-26,33H,5-7,13,16-17,29H2,1-4H3. The van der Waals surface area contributed by atoms with Gasteiger partial charge in [0.05, 0.1) is 30.1 Å². The van der Waals surface area contributed by atoms with Gasteiger partial charge in [-0.15, -0.1) is 0 Å². The first kappa shape index (κ1) is 23.6. The van der Waals surface area contributed by atoms with Crippen molar-refractivity contribution in [3.05, 3.63) is 93.1 Å². The number of piperidine rings is 1. The second kappa shape index (κ2) is 10.1. The molecule has 0 spiro atoms. The van der Waals surface area contributed by atoms with E-state index in [1.54, 1.807) is 0 Å². The Morgan fingerprint density at radius 3 is 1.94 bits per heavy atom. The number of benzene rings is 1. The summed E-state index contributed by atoms with van der Waals surface area (Å²) >= 11 is 0. The van der Waals surface area contributed by atoms with Crippen molar-refractivity contribution >= 4 is 0 Å². The molecular formula is C28H36N4O. The quantitative estimate of drug-likeness (QED) is 0.551. The molecule has 1 fully saturated rings. The average Bonchev–Trinajstić information content (AvgIpc) is 2.80. The lowest BCUT2D eigenvalue weighted by Gasteiger charge is -2.43. The van der Waals surface area contributed by atoms with Crippen LogP contribution in [-0.4, -0.2) is 20.0 Å². The number of aryl methyl sites for hydroxylation is 4. The Kier molecular flexibility index (Phi) is 7.23. The van der Waals surface area contributed by atoms with Gasteiger partial charge >= 0.3 is 0 Å². The highest BCUT2D eigenvalue weighted by atomic mass is 16.3. The molecule has 2 unspecified atom stereocenters. The van der Waals surface area contributed by atoms with Gasteiger partial charge in [-0.05, 0) is 85.9 Å². The van der Waals surface area contributed by atoms with Crippen LogP contribution in [0.1, 0.15) is 81.7 Å². The van der Waals surface area contributed by atoms with Gasteiger partial charge in [-0.1, -0.05) is 30.3 Å². The molecule has 1 aliphatic rings. The lowest BCUT2D eigenvalue weighted by atomic mass is 9.87. The molecule has 0 radical (unpaired) electrons. The van der Waals surface area contributed by atoms with E-state index in [4.69, 9.17) is 15.7 Å². The van der Waals surface area contributed by atoms with Gasteiger partial charge in [-0.2, -0.15) is 0 Å². The maximum Gasteiger partial charge on any atom is 0.0685 e. The number of nitrogens with zero attached hydrogens (tertiary/aromatic N) is 3. The molecule has 5 nitrogen and oxygen atoms in total. The predicted octanol–water partition coefficient (Wildman–Crippen LogP) is 5.13. The molecule has 33 heavy (non-hydrogen) atoms. The van der Waals surface area contributed by atoms with Crippen molar-refractivity contribution in [2.75, 3.05) is 0 Å². The molecule has 4 rings (SSSR count). The number of pyridine rings is 2. The number of hydrogen-bond acceptors (Lipinski definition) is 5. The Morgan fingerprint density at radius 2 is 1.45 bits per heavy atom. The lowest BCUT2D eigenvalue weighted by Crippen LogP contribution is -2.37. The number of aliphatic hydroxyl groups is 1. The smallest absolute Gasteiger partial charge is 0.0685 e. The molecule has 1 aliphatic heterocycles. The van der Waals surface area contributed by atoms with E-state index in [1.807, 2.05) is 18.5 Å². The van der Waals surface area contributed by atoms with Crippen LogP contribution in [0.15, 0.2) is 42.7 Å². The zero-order valence-corrected chi connectivity index (χ0v) is 20.3. The van der Waals surface area contributed by atoms with Gasteiger partial charge in [0.2, 0.25) is 0 Å². The highest BCUT2D eigenvalue weighted by Gasteiger charge is 2.35. The summed E-state index contributed by atoms with van der Waals surface area (Å²) in [5, 5.41) is 10.1. The first-order chi connectivity index (χ1) is 15.9. The SMILES string of the molecule is Cc1cnc(C2CCCC(c3ncc(C)cc3C)N2Cc2ccc(CN)cc2CO)c(C)c1. The lowest BCUT2D eigenvalue weighted by molar-refractivity contribution is 0.0671. The van der Waals surface area contributed by atoms with Gasteiger partial charge in [0, 0.05) is 25.5 Å². The highest BCUT2D eigenvalue weighted by Crippen LogP contribution is 2.43. The summed E-state index contributed by atoms with van der Waals surface area (Å²) in [4.78, 5) is 12.4. The van der Waals surface area contributed by atoms with Crippen molar-refractivity contribution in [3.63, 3.8) is 0 Å². The molecule has 3 N–H and O–H groups in total. The van der Waals surface area contributed by atoms with Crippen LogP contribution in [0.2, 0.25) is 0 Å². The van der Waals surface area contributed by atoms with Gasteiger partial charge in [-0.3, -0.25) is 14.9 Å². The van der Waals surface area contributed by atoms with Gasteiger partial charge in [0.15, 0.2) is 0 Å². The predicted molar refractivity (Wildman–Crippen MR) is 133 cm³/mol. The molecule has 1 aromatic carbocycles. The Bertz CT molecular complexity index is 1070. The van der Waals surface area contributed by atoms with E-state index in [0.717, 1.165) is 53.9 Å². The normalized spacial score (nSPS) is 19.1. The molecule has 0 amide bonds. The maximum atomic E-state index is 10.1. The van der Waals surface area contributed by atoms with E-state index in [9.17, 15) is 5.11 Å². The molecule has 2 aromatic heterocycles. The summed E-state index contributed by atoms with van der Waals surface area (Å²) in [6, 6.07) is 11.1. The van der Waals surface area contributed by atoms with Crippen molar-refractivity contribution in [2.45, 2.75) is 78.7 Å². The molecule has 0 bridgehead atoms. The Balaban J connectivity index is 1.79. The number of hydrogen-bond donors (Lipinski definition) is 2. The molecule has 1 saturated heterocycles. The number of aromatic nitrogens is 2. The molecule has 3 heterocycles. The third kappa shape index (κ3) is 5.01. The van der Waals surface area contributed by atoms with Crippen molar-refractivity contribution in [3.8, 4) is 0 Å². The third-order valence-corrected chi connectivity index (χ3v) is 6.93. The van der Waals surface area contributed by atoms with Gasteiger partial charge in [0.1, 0.15) is 0 Å².